The van der Waals surface area contributed by atoms with Crippen molar-refractivity contribution in [1.82, 2.24) is 24.8 Å². The van der Waals surface area contributed by atoms with Crippen LogP contribution in [-0.2, 0) is 27.9 Å². The molecular weight excluding hydrogens is 587 g/mol. The van der Waals surface area contributed by atoms with Gasteiger partial charge in [0.25, 0.3) is 0 Å². The zero-order chi connectivity index (χ0) is 31.4. The number of hydrogen-bond donors (Lipinski definition) is 2. The Morgan fingerprint density at radius 3 is 2.66 bits per heavy atom. The number of methoxy groups -OCH3 is 1. The Bertz CT molecular complexity index is 1640. The second kappa shape index (κ2) is 13.3. The van der Waals surface area contributed by atoms with Crippen molar-refractivity contribution in [2.45, 2.75) is 51.8 Å². The van der Waals surface area contributed by atoms with E-state index in [0.717, 1.165) is 28.1 Å². The first-order valence-corrected chi connectivity index (χ1v) is 15.2. The van der Waals surface area contributed by atoms with E-state index in [4.69, 9.17) is 14.2 Å². The van der Waals surface area contributed by atoms with Crippen LogP contribution in [0.5, 0.6) is 11.5 Å². The number of fused-ring (bicyclic) bond motifs is 1. The molecule has 2 N–H and O–H groups in total. The fourth-order valence-corrected chi connectivity index (χ4v) is 5.44. The minimum Gasteiger partial charge on any atom is -0.453 e. The molecule has 1 aliphatic rings. The molecule has 4 aromatic rings. The number of benzene rings is 1. The van der Waals surface area contributed by atoms with Crippen molar-refractivity contribution in [2.75, 3.05) is 32.2 Å². The van der Waals surface area contributed by atoms with E-state index in [1.165, 1.54) is 23.5 Å². The summed E-state index contributed by atoms with van der Waals surface area (Å²) in [6.07, 6.45) is 5.27. The molecule has 5 rings (SSSR count). The summed E-state index contributed by atoms with van der Waals surface area (Å²) in [5, 5.41) is 5.45. The fourth-order valence-electron chi connectivity index (χ4n) is 4.34. The second-order valence-corrected chi connectivity index (χ2v) is 12.6. The third-order valence-corrected chi connectivity index (χ3v) is 8.04. The zero-order valence-corrected chi connectivity index (χ0v) is 26.3. The standard InChI is InChI=1S/C31H37FN6O5S/c1-31(2,3)42-18-27(39)38(12-13-41-5)17-21-16-34-29(37(21)4)26-15-23-28(44-26)25(10-11-33-23)43-24-9-8-20(14-22(24)32)36-30(40)35-19-6-7-19/h8-11,14-16,19H,6-7,12-13,17-18H2,1-5H3,(H2,35,36,40). The van der Waals surface area contributed by atoms with Gasteiger partial charge in [-0.05, 0) is 51.8 Å². The number of aromatic nitrogens is 3. The molecule has 1 aromatic carbocycles. The molecule has 3 amide bonds. The van der Waals surface area contributed by atoms with Gasteiger partial charge in [0.05, 0.1) is 45.7 Å². The largest absolute Gasteiger partial charge is 0.453 e. The maximum Gasteiger partial charge on any atom is 0.319 e. The number of thiophene rings is 1. The van der Waals surface area contributed by atoms with Crippen molar-refractivity contribution in [1.29, 1.82) is 0 Å². The van der Waals surface area contributed by atoms with Crippen LogP contribution in [0.2, 0.25) is 0 Å². The number of ether oxygens (including phenoxy) is 3. The van der Waals surface area contributed by atoms with Gasteiger partial charge in [-0.15, -0.1) is 11.3 Å². The van der Waals surface area contributed by atoms with Crippen LogP contribution in [0.3, 0.4) is 0 Å². The van der Waals surface area contributed by atoms with Gasteiger partial charge in [0, 0.05) is 50.8 Å². The molecule has 1 saturated carbocycles. The Morgan fingerprint density at radius 2 is 1.95 bits per heavy atom. The molecule has 0 atom stereocenters. The highest BCUT2D eigenvalue weighted by Crippen LogP contribution is 2.39. The molecular formula is C31H37FN6O5S. The zero-order valence-electron chi connectivity index (χ0n) is 25.5. The fraction of sp³-hybridized carbons (Fsp3) is 0.419. The number of amides is 3. The summed E-state index contributed by atoms with van der Waals surface area (Å²) in [6, 6.07) is 7.73. The van der Waals surface area contributed by atoms with Crippen LogP contribution in [0.4, 0.5) is 14.9 Å². The number of rotatable bonds is 12. The Morgan fingerprint density at radius 1 is 1.16 bits per heavy atom. The molecule has 11 nitrogen and oxygen atoms in total. The summed E-state index contributed by atoms with van der Waals surface area (Å²) in [6.45, 7) is 6.84. The third kappa shape index (κ3) is 7.90. The molecule has 44 heavy (non-hydrogen) atoms. The topological polar surface area (TPSA) is 120 Å². The number of carbonyl (C=O) groups excluding carboxylic acids is 2. The van der Waals surface area contributed by atoms with Gasteiger partial charge >= 0.3 is 6.03 Å². The van der Waals surface area contributed by atoms with E-state index in [-0.39, 0.29) is 30.3 Å². The van der Waals surface area contributed by atoms with Gasteiger partial charge in [-0.2, -0.15) is 0 Å². The molecule has 0 aliphatic heterocycles. The smallest absolute Gasteiger partial charge is 0.319 e. The van der Waals surface area contributed by atoms with Crippen LogP contribution in [0.1, 0.15) is 39.3 Å². The van der Waals surface area contributed by atoms with Crippen molar-refractivity contribution in [2.24, 2.45) is 7.05 Å². The Balaban J connectivity index is 1.32. The molecule has 1 fully saturated rings. The van der Waals surface area contributed by atoms with Crippen LogP contribution in [0, 0.1) is 5.82 Å². The van der Waals surface area contributed by atoms with E-state index < -0.39 is 11.4 Å². The molecule has 0 unspecified atom stereocenters. The summed E-state index contributed by atoms with van der Waals surface area (Å²) >= 11 is 1.42. The van der Waals surface area contributed by atoms with Gasteiger partial charge in [-0.25, -0.2) is 14.2 Å². The normalized spacial score (nSPS) is 13.2. The lowest BCUT2D eigenvalue weighted by Gasteiger charge is -2.25. The Labute approximate surface area is 259 Å². The first kappa shape index (κ1) is 31.4. The monoisotopic (exact) mass is 624 g/mol. The van der Waals surface area contributed by atoms with Gasteiger partial charge in [0.2, 0.25) is 5.91 Å². The van der Waals surface area contributed by atoms with Crippen LogP contribution >= 0.6 is 11.3 Å². The molecule has 0 bridgehead atoms. The summed E-state index contributed by atoms with van der Waals surface area (Å²) in [5.74, 6) is 0.429. The van der Waals surface area contributed by atoms with Gasteiger partial charge in [0.15, 0.2) is 11.6 Å². The molecule has 3 aromatic heterocycles. The summed E-state index contributed by atoms with van der Waals surface area (Å²) in [4.78, 5) is 36.6. The van der Waals surface area contributed by atoms with E-state index in [9.17, 15) is 14.0 Å². The lowest BCUT2D eigenvalue weighted by molar-refractivity contribution is -0.142. The maximum atomic E-state index is 15.0. The number of nitrogens with one attached hydrogen (secondary N) is 2. The highest BCUT2D eigenvalue weighted by atomic mass is 32.1. The number of imidazole rings is 1. The third-order valence-electron chi connectivity index (χ3n) is 6.90. The minimum atomic E-state index is -0.606. The molecule has 3 heterocycles. The van der Waals surface area contributed by atoms with Gasteiger partial charge in [-0.3, -0.25) is 9.78 Å². The number of pyridine rings is 1. The van der Waals surface area contributed by atoms with Crippen molar-refractivity contribution >= 4 is 39.2 Å². The minimum absolute atomic E-state index is 0.0242. The summed E-state index contributed by atoms with van der Waals surface area (Å²) in [7, 11) is 3.49. The summed E-state index contributed by atoms with van der Waals surface area (Å²) < 4.78 is 34.5. The van der Waals surface area contributed by atoms with E-state index in [0.29, 0.717) is 42.5 Å². The molecule has 234 valence electrons. The lowest BCUT2D eigenvalue weighted by atomic mass is 10.2. The van der Waals surface area contributed by atoms with Crippen molar-refractivity contribution in [3.05, 3.63) is 54.2 Å². The van der Waals surface area contributed by atoms with Gasteiger partial charge < -0.3 is 34.3 Å². The van der Waals surface area contributed by atoms with Crippen LogP contribution < -0.4 is 15.4 Å². The molecule has 1 aliphatic carbocycles. The average molecular weight is 625 g/mol. The van der Waals surface area contributed by atoms with E-state index in [1.54, 1.807) is 36.5 Å². The van der Waals surface area contributed by atoms with E-state index in [2.05, 4.69) is 20.6 Å². The van der Waals surface area contributed by atoms with Crippen LogP contribution in [0.25, 0.3) is 20.9 Å². The quantitative estimate of drug-likeness (QED) is 0.207. The molecule has 0 radical (unpaired) electrons. The Hall–Kier alpha value is -4.07. The number of nitrogens with zero attached hydrogens (tertiary/aromatic N) is 4. The number of anilines is 1. The van der Waals surface area contributed by atoms with Crippen molar-refractivity contribution < 1.29 is 28.2 Å². The van der Waals surface area contributed by atoms with E-state index >= 15 is 0 Å². The predicted molar refractivity (Wildman–Crippen MR) is 166 cm³/mol. The van der Waals surface area contributed by atoms with Gasteiger partial charge in [-0.1, -0.05) is 0 Å². The molecule has 0 saturated heterocycles. The maximum absolute atomic E-state index is 15.0. The number of urea groups is 1. The predicted octanol–water partition coefficient (Wildman–Crippen LogP) is 5.70. The number of hydrogen-bond acceptors (Lipinski definition) is 8. The average Bonchev–Trinajstić information content (AvgIpc) is 3.55. The first-order valence-electron chi connectivity index (χ1n) is 14.4. The number of carbonyl (C=O) groups is 2. The van der Waals surface area contributed by atoms with Gasteiger partial charge in [0.1, 0.15) is 18.2 Å². The van der Waals surface area contributed by atoms with Crippen molar-refractivity contribution in [3.8, 4) is 22.2 Å². The van der Waals surface area contributed by atoms with Crippen LogP contribution in [-0.4, -0.2) is 69.9 Å². The highest BCUT2D eigenvalue weighted by Gasteiger charge is 2.24. The van der Waals surface area contributed by atoms with Crippen molar-refractivity contribution in [3.63, 3.8) is 0 Å². The second-order valence-electron chi connectivity index (χ2n) is 11.6. The number of halogens is 1. The summed E-state index contributed by atoms with van der Waals surface area (Å²) in [5.41, 5.74) is 1.42. The Kier molecular flexibility index (Phi) is 9.47. The van der Waals surface area contributed by atoms with Crippen LogP contribution in [0.15, 0.2) is 42.7 Å². The molecule has 13 heteroatoms. The lowest BCUT2D eigenvalue weighted by Crippen LogP contribution is -2.38. The SMILES string of the molecule is COCCN(Cc1cnc(-c2cc3nccc(Oc4ccc(NC(=O)NC5CC5)cc4F)c3s2)n1C)C(=O)COC(C)(C)C. The van der Waals surface area contributed by atoms with E-state index in [1.807, 2.05) is 38.5 Å². The first-order chi connectivity index (χ1) is 21.0. The highest BCUT2D eigenvalue weighted by molar-refractivity contribution is 7.22. The molecule has 0 spiro atoms.